The number of hydrogen-bond acceptors (Lipinski definition) is 0. The average molecular weight is 454 g/mol. The van der Waals surface area contributed by atoms with Gasteiger partial charge in [-0.3, -0.25) is 0 Å². The summed E-state index contributed by atoms with van der Waals surface area (Å²) in [6, 6.07) is 16.7. The summed E-state index contributed by atoms with van der Waals surface area (Å²) >= 11 is 0. The second-order valence-electron chi connectivity index (χ2n) is 11.9. The van der Waals surface area contributed by atoms with Crippen molar-refractivity contribution in [1.82, 2.24) is 4.57 Å². The van der Waals surface area contributed by atoms with Gasteiger partial charge < -0.3 is 0 Å². The Morgan fingerprint density at radius 2 is 1.62 bits per heavy atom. The van der Waals surface area contributed by atoms with Crippen LogP contribution in [0.25, 0.3) is 27.6 Å². The van der Waals surface area contributed by atoms with Gasteiger partial charge in [0.25, 0.3) is 5.82 Å². The first-order valence-electron chi connectivity index (χ1n) is 13.2. The molecule has 0 spiro atoms. The number of aryl methyl sites for hydroxylation is 2. The number of aromatic nitrogens is 2. The maximum atomic E-state index is 2.56. The maximum Gasteiger partial charge on any atom is 0.286 e. The minimum atomic E-state index is 0.104. The van der Waals surface area contributed by atoms with E-state index in [4.69, 9.17) is 0 Å². The summed E-state index contributed by atoms with van der Waals surface area (Å²) in [6.45, 7) is 13.9. The van der Waals surface area contributed by atoms with Crippen LogP contribution >= 0.6 is 0 Å². The van der Waals surface area contributed by atoms with E-state index in [2.05, 4.69) is 106 Å². The minimum Gasteiger partial charge on any atom is -0.237 e. The van der Waals surface area contributed by atoms with E-state index in [1.54, 1.807) is 0 Å². The molecule has 0 unspecified atom stereocenters. The predicted molar refractivity (Wildman–Crippen MR) is 145 cm³/mol. The van der Waals surface area contributed by atoms with Crippen molar-refractivity contribution in [2.45, 2.75) is 90.9 Å². The third kappa shape index (κ3) is 3.85. The van der Waals surface area contributed by atoms with Gasteiger partial charge in [-0.05, 0) is 78.0 Å². The molecule has 34 heavy (non-hydrogen) atoms. The van der Waals surface area contributed by atoms with Gasteiger partial charge in [0.05, 0.1) is 13.2 Å². The van der Waals surface area contributed by atoms with Gasteiger partial charge >= 0.3 is 0 Å². The molecule has 0 amide bonds. The molecule has 5 rings (SSSR count). The SMILES string of the molecule is Cc1c(C(C)C)ccc2c3ccc(C4CCCCC4)cc3n(-c3cc(C(C)(C)C)cc[n+]3C)c12. The molecule has 178 valence electrons. The zero-order chi connectivity index (χ0) is 24.2. The summed E-state index contributed by atoms with van der Waals surface area (Å²) in [4.78, 5) is 0. The lowest BCUT2D eigenvalue weighted by Gasteiger charge is -2.22. The van der Waals surface area contributed by atoms with Gasteiger partial charge in [-0.1, -0.05) is 66.0 Å². The molecule has 0 bridgehead atoms. The molecular weight excluding hydrogens is 412 g/mol. The molecule has 2 aromatic carbocycles. The van der Waals surface area contributed by atoms with E-state index in [0.29, 0.717) is 11.8 Å². The molecule has 2 aromatic heterocycles. The summed E-state index contributed by atoms with van der Waals surface area (Å²) in [5.74, 6) is 2.45. The fraction of sp³-hybridized carbons (Fsp3) is 0.469. The van der Waals surface area contributed by atoms with Crippen LogP contribution in [0.5, 0.6) is 0 Å². The van der Waals surface area contributed by atoms with E-state index in [1.165, 1.54) is 82.0 Å². The van der Waals surface area contributed by atoms with E-state index in [1.807, 2.05) is 0 Å². The van der Waals surface area contributed by atoms with Crippen molar-refractivity contribution in [3.63, 3.8) is 0 Å². The Hall–Kier alpha value is -2.61. The number of fused-ring (bicyclic) bond motifs is 3. The molecular formula is C32H41N2+. The summed E-state index contributed by atoms with van der Waals surface area (Å²) in [7, 11) is 2.19. The zero-order valence-corrected chi connectivity index (χ0v) is 22.2. The van der Waals surface area contributed by atoms with E-state index < -0.39 is 0 Å². The third-order valence-corrected chi connectivity index (χ3v) is 8.17. The Balaban J connectivity index is 1.87. The second-order valence-corrected chi connectivity index (χ2v) is 11.9. The second kappa shape index (κ2) is 8.56. The summed E-state index contributed by atoms with van der Waals surface area (Å²) in [6.07, 6.45) is 9.02. The predicted octanol–water partition coefficient (Wildman–Crippen LogP) is 8.39. The zero-order valence-electron chi connectivity index (χ0n) is 22.2. The molecule has 1 aliphatic rings. The molecule has 4 aromatic rings. The molecule has 2 nitrogen and oxygen atoms in total. The highest BCUT2D eigenvalue weighted by Gasteiger charge is 2.27. The minimum absolute atomic E-state index is 0.104. The van der Waals surface area contributed by atoms with E-state index in [0.717, 1.165) is 0 Å². The molecule has 1 fully saturated rings. The summed E-state index contributed by atoms with van der Waals surface area (Å²) in [5.41, 5.74) is 8.56. The number of hydrogen-bond donors (Lipinski definition) is 0. The highest BCUT2D eigenvalue weighted by atomic mass is 15.1. The van der Waals surface area contributed by atoms with Gasteiger partial charge in [0.15, 0.2) is 0 Å². The monoisotopic (exact) mass is 453 g/mol. The normalized spacial score (nSPS) is 15.6. The average Bonchev–Trinajstić information content (AvgIpc) is 3.13. The first-order valence-corrected chi connectivity index (χ1v) is 13.2. The quantitative estimate of drug-likeness (QED) is 0.275. The van der Waals surface area contributed by atoms with Crippen molar-refractivity contribution in [2.75, 3.05) is 0 Å². The Kier molecular flexibility index (Phi) is 5.82. The highest BCUT2D eigenvalue weighted by Crippen LogP contribution is 2.40. The number of rotatable bonds is 3. The first kappa shape index (κ1) is 23.1. The van der Waals surface area contributed by atoms with E-state index >= 15 is 0 Å². The molecule has 0 atom stereocenters. The fourth-order valence-electron chi connectivity index (χ4n) is 6.10. The Morgan fingerprint density at radius 1 is 0.912 bits per heavy atom. The summed E-state index contributed by atoms with van der Waals surface area (Å²) in [5, 5.41) is 2.74. The van der Waals surface area contributed by atoms with Gasteiger partial charge in [0, 0.05) is 22.4 Å². The maximum absolute atomic E-state index is 2.56. The van der Waals surface area contributed by atoms with Crippen molar-refractivity contribution in [2.24, 2.45) is 7.05 Å². The van der Waals surface area contributed by atoms with Crippen LogP contribution in [0.4, 0.5) is 0 Å². The Morgan fingerprint density at radius 3 is 2.29 bits per heavy atom. The first-order chi connectivity index (χ1) is 16.2. The van der Waals surface area contributed by atoms with E-state index in [-0.39, 0.29) is 5.41 Å². The van der Waals surface area contributed by atoms with Crippen LogP contribution in [0.15, 0.2) is 48.7 Å². The molecule has 2 heterocycles. The number of nitrogens with zero attached hydrogens (tertiary/aromatic N) is 2. The van der Waals surface area contributed by atoms with Crippen LogP contribution in [0.3, 0.4) is 0 Å². The number of pyridine rings is 1. The van der Waals surface area contributed by atoms with Crippen LogP contribution in [-0.4, -0.2) is 4.57 Å². The lowest BCUT2D eigenvalue weighted by atomic mass is 9.84. The van der Waals surface area contributed by atoms with Crippen molar-refractivity contribution < 1.29 is 4.57 Å². The fourth-order valence-corrected chi connectivity index (χ4v) is 6.10. The largest absolute Gasteiger partial charge is 0.286 e. The topological polar surface area (TPSA) is 8.81 Å². The van der Waals surface area contributed by atoms with Crippen LogP contribution in [0, 0.1) is 6.92 Å². The van der Waals surface area contributed by atoms with Gasteiger partial charge in [0.2, 0.25) is 0 Å². The van der Waals surface area contributed by atoms with Crippen molar-refractivity contribution in [3.8, 4) is 5.82 Å². The van der Waals surface area contributed by atoms with Gasteiger partial charge in [-0.15, -0.1) is 0 Å². The Labute approximate surface area is 205 Å². The summed E-state index contributed by atoms with van der Waals surface area (Å²) < 4.78 is 4.86. The lowest BCUT2D eigenvalue weighted by molar-refractivity contribution is -0.665. The molecule has 0 N–H and O–H groups in total. The van der Waals surface area contributed by atoms with E-state index in [9.17, 15) is 0 Å². The van der Waals surface area contributed by atoms with Crippen LogP contribution in [0.2, 0.25) is 0 Å². The van der Waals surface area contributed by atoms with Crippen molar-refractivity contribution in [3.05, 3.63) is 70.9 Å². The molecule has 2 heteroatoms. The van der Waals surface area contributed by atoms with Crippen molar-refractivity contribution >= 4 is 21.8 Å². The molecule has 0 radical (unpaired) electrons. The van der Waals surface area contributed by atoms with Crippen LogP contribution in [-0.2, 0) is 12.5 Å². The van der Waals surface area contributed by atoms with Crippen LogP contribution < -0.4 is 4.57 Å². The molecule has 0 saturated heterocycles. The number of benzene rings is 2. The smallest absolute Gasteiger partial charge is 0.237 e. The van der Waals surface area contributed by atoms with Crippen LogP contribution in [0.1, 0.15) is 101 Å². The molecule has 1 aliphatic carbocycles. The molecule has 1 saturated carbocycles. The highest BCUT2D eigenvalue weighted by molar-refractivity contribution is 6.10. The Bertz CT molecular complexity index is 1360. The lowest BCUT2D eigenvalue weighted by Crippen LogP contribution is -2.34. The molecule has 0 aliphatic heterocycles. The van der Waals surface area contributed by atoms with Gasteiger partial charge in [-0.2, -0.15) is 4.57 Å². The van der Waals surface area contributed by atoms with Gasteiger partial charge in [0.1, 0.15) is 11.0 Å². The van der Waals surface area contributed by atoms with Gasteiger partial charge in [-0.25, -0.2) is 4.57 Å². The standard InChI is InChI=1S/C32H41N2/c1-21(2)26-15-16-28-27-14-13-24(23-11-9-8-10-12-23)19-29(27)34(31(28)22(26)3)30-20-25(32(4,5)6)17-18-33(30)7/h13-21,23H,8-12H2,1-7H3/q+1. The van der Waals surface area contributed by atoms with Crippen molar-refractivity contribution in [1.29, 1.82) is 0 Å². The third-order valence-electron chi connectivity index (χ3n) is 8.17.